The summed E-state index contributed by atoms with van der Waals surface area (Å²) in [7, 11) is 1.91. The standard InChI is InChI=1S/C17H23N5O2/c1-12-6-3-4-7-13(12)22(2)15(23)9-8-14-20-17(21-24-14)16-18-10-5-11-19-16/h5,10-13H,3-4,6-9H2,1-2H3. The van der Waals surface area contributed by atoms with Gasteiger partial charge in [-0.3, -0.25) is 4.79 Å². The molecule has 1 fully saturated rings. The summed E-state index contributed by atoms with van der Waals surface area (Å²) in [4.78, 5) is 26.8. The quantitative estimate of drug-likeness (QED) is 0.838. The molecule has 0 bridgehead atoms. The minimum Gasteiger partial charge on any atom is -0.342 e. The van der Waals surface area contributed by atoms with Gasteiger partial charge in [0.2, 0.25) is 23.4 Å². The van der Waals surface area contributed by atoms with Crippen LogP contribution < -0.4 is 0 Å². The largest absolute Gasteiger partial charge is 0.342 e. The summed E-state index contributed by atoms with van der Waals surface area (Å²) in [5.74, 6) is 1.91. The number of nitrogens with zero attached hydrogens (tertiary/aromatic N) is 5. The zero-order chi connectivity index (χ0) is 16.9. The summed E-state index contributed by atoms with van der Waals surface area (Å²) in [6, 6.07) is 2.08. The molecule has 1 amide bonds. The number of aromatic nitrogens is 4. The Kier molecular flexibility index (Phi) is 5.17. The van der Waals surface area contributed by atoms with Crippen molar-refractivity contribution >= 4 is 5.91 Å². The van der Waals surface area contributed by atoms with E-state index >= 15 is 0 Å². The van der Waals surface area contributed by atoms with Crippen molar-refractivity contribution in [2.75, 3.05) is 7.05 Å². The SMILES string of the molecule is CC1CCCCC1N(C)C(=O)CCc1nc(-c2ncccn2)no1. The van der Waals surface area contributed by atoms with E-state index in [4.69, 9.17) is 4.52 Å². The molecule has 0 N–H and O–H groups in total. The first kappa shape index (κ1) is 16.5. The van der Waals surface area contributed by atoms with Crippen molar-refractivity contribution < 1.29 is 9.32 Å². The molecule has 1 aliphatic rings. The van der Waals surface area contributed by atoms with E-state index in [9.17, 15) is 4.79 Å². The van der Waals surface area contributed by atoms with Gasteiger partial charge in [0, 0.05) is 38.3 Å². The molecule has 7 nitrogen and oxygen atoms in total. The summed E-state index contributed by atoms with van der Waals surface area (Å²) >= 11 is 0. The molecule has 2 aromatic heterocycles. The maximum atomic E-state index is 12.4. The highest BCUT2D eigenvalue weighted by atomic mass is 16.5. The third kappa shape index (κ3) is 3.77. The number of aryl methyl sites for hydroxylation is 1. The van der Waals surface area contributed by atoms with E-state index in [1.54, 1.807) is 18.5 Å². The average Bonchev–Trinajstić information content (AvgIpc) is 3.09. The predicted octanol–water partition coefficient (Wildman–Crippen LogP) is 2.50. The maximum absolute atomic E-state index is 12.4. The molecule has 1 saturated carbocycles. The summed E-state index contributed by atoms with van der Waals surface area (Å²) < 4.78 is 5.20. The van der Waals surface area contributed by atoms with Gasteiger partial charge in [-0.15, -0.1) is 0 Å². The zero-order valence-corrected chi connectivity index (χ0v) is 14.2. The van der Waals surface area contributed by atoms with E-state index in [1.807, 2.05) is 11.9 Å². The van der Waals surface area contributed by atoms with Crippen LogP contribution in [0.5, 0.6) is 0 Å². The minimum absolute atomic E-state index is 0.129. The van der Waals surface area contributed by atoms with Crippen LogP contribution in [0.15, 0.2) is 23.0 Å². The molecule has 2 unspecified atom stereocenters. The molecular weight excluding hydrogens is 306 g/mol. The van der Waals surface area contributed by atoms with Crippen LogP contribution in [0, 0.1) is 5.92 Å². The number of carbonyl (C=O) groups is 1. The van der Waals surface area contributed by atoms with Gasteiger partial charge >= 0.3 is 0 Å². The van der Waals surface area contributed by atoms with Crippen molar-refractivity contribution in [3.63, 3.8) is 0 Å². The summed E-state index contributed by atoms with van der Waals surface area (Å²) in [6.45, 7) is 2.23. The minimum atomic E-state index is 0.129. The van der Waals surface area contributed by atoms with E-state index < -0.39 is 0 Å². The van der Waals surface area contributed by atoms with Crippen LogP contribution >= 0.6 is 0 Å². The normalized spacial score (nSPS) is 20.8. The molecule has 1 aliphatic carbocycles. The number of amides is 1. The molecule has 2 aromatic rings. The Morgan fingerprint density at radius 1 is 1.25 bits per heavy atom. The lowest BCUT2D eigenvalue weighted by molar-refractivity contribution is -0.133. The van der Waals surface area contributed by atoms with Gasteiger partial charge in [0.15, 0.2) is 0 Å². The first-order valence-electron chi connectivity index (χ1n) is 8.51. The Hall–Kier alpha value is -2.31. The van der Waals surface area contributed by atoms with Gasteiger partial charge in [-0.05, 0) is 24.8 Å². The summed E-state index contributed by atoms with van der Waals surface area (Å²) in [5, 5.41) is 3.88. The molecule has 0 radical (unpaired) electrons. The summed E-state index contributed by atoms with van der Waals surface area (Å²) in [6.07, 6.45) is 8.83. The predicted molar refractivity (Wildman–Crippen MR) is 87.8 cm³/mol. The van der Waals surface area contributed by atoms with Crippen molar-refractivity contribution in [1.29, 1.82) is 0 Å². The van der Waals surface area contributed by atoms with Crippen molar-refractivity contribution in [2.45, 2.75) is 51.5 Å². The van der Waals surface area contributed by atoms with Crippen LogP contribution in [0.1, 0.15) is 44.9 Å². The number of hydrogen-bond acceptors (Lipinski definition) is 6. The Morgan fingerprint density at radius 3 is 2.75 bits per heavy atom. The molecule has 7 heteroatoms. The molecule has 2 atom stereocenters. The Labute approximate surface area is 141 Å². The van der Waals surface area contributed by atoms with Gasteiger partial charge in [0.1, 0.15) is 0 Å². The van der Waals surface area contributed by atoms with E-state index in [0.717, 1.165) is 6.42 Å². The van der Waals surface area contributed by atoms with E-state index in [1.165, 1.54) is 19.3 Å². The van der Waals surface area contributed by atoms with Gasteiger partial charge in [-0.2, -0.15) is 4.98 Å². The van der Waals surface area contributed by atoms with Gasteiger partial charge in [-0.25, -0.2) is 9.97 Å². The summed E-state index contributed by atoms with van der Waals surface area (Å²) in [5.41, 5.74) is 0. The van der Waals surface area contributed by atoms with Crippen LogP contribution in [-0.2, 0) is 11.2 Å². The molecule has 0 aromatic carbocycles. The highest BCUT2D eigenvalue weighted by Crippen LogP contribution is 2.27. The third-order valence-corrected chi connectivity index (χ3v) is 4.74. The second kappa shape index (κ2) is 7.51. The zero-order valence-electron chi connectivity index (χ0n) is 14.2. The molecule has 0 aliphatic heterocycles. The van der Waals surface area contributed by atoms with Gasteiger partial charge in [0.05, 0.1) is 0 Å². The Morgan fingerprint density at radius 2 is 2.00 bits per heavy atom. The first-order chi connectivity index (χ1) is 11.6. The molecule has 3 rings (SSSR count). The van der Waals surface area contributed by atoms with Gasteiger partial charge in [0.25, 0.3) is 0 Å². The lowest BCUT2D eigenvalue weighted by Gasteiger charge is -2.36. The van der Waals surface area contributed by atoms with Crippen LogP contribution in [-0.4, -0.2) is 44.0 Å². The molecule has 0 saturated heterocycles. The number of rotatable bonds is 5. The van der Waals surface area contributed by atoms with Crippen molar-refractivity contribution in [3.8, 4) is 11.6 Å². The van der Waals surface area contributed by atoms with Crippen molar-refractivity contribution in [3.05, 3.63) is 24.4 Å². The molecule has 2 heterocycles. The fraction of sp³-hybridized carbons (Fsp3) is 0.588. The Bertz CT molecular complexity index is 673. The molecule has 128 valence electrons. The van der Waals surface area contributed by atoms with E-state index in [0.29, 0.717) is 42.3 Å². The van der Waals surface area contributed by atoms with Gasteiger partial charge in [-0.1, -0.05) is 24.9 Å². The van der Waals surface area contributed by atoms with Crippen LogP contribution in [0.25, 0.3) is 11.6 Å². The lowest BCUT2D eigenvalue weighted by atomic mass is 9.85. The second-order valence-electron chi connectivity index (χ2n) is 6.42. The number of carbonyl (C=O) groups excluding carboxylic acids is 1. The highest BCUT2D eigenvalue weighted by molar-refractivity contribution is 5.76. The molecule has 24 heavy (non-hydrogen) atoms. The maximum Gasteiger partial charge on any atom is 0.240 e. The second-order valence-corrected chi connectivity index (χ2v) is 6.42. The van der Waals surface area contributed by atoms with Crippen molar-refractivity contribution in [2.24, 2.45) is 5.92 Å². The molecule has 0 spiro atoms. The number of hydrogen-bond donors (Lipinski definition) is 0. The van der Waals surface area contributed by atoms with Crippen LogP contribution in [0.4, 0.5) is 0 Å². The lowest BCUT2D eigenvalue weighted by Crippen LogP contribution is -2.42. The fourth-order valence-electron chi connectivity index (χ4n) is 3.31. The van der Waals surface area contributed by atoms with Gasteiger partial charge < -0.3 is 9.42 Å². The molecular formula is C17H23N5O2. The average molecular weight is 329 g/mol. The Balaban J connectivity index is 1.55. The van der Waals surface area contributed by atoms with E-state index in [-0.39, 0.29) is 5.91 Å². The monoisotopic (exact) mass is 329 g/mol. The topological polar surface area (TPSA) is 85.0 Å². The van der Waals surface area contributed by atoms with Crippen molar-refractivity contribution in [1.82, 2.24) is 25.0 Å². The van der Waals surface area contributed by atoms with Crippen LogP contribution in [0.2, 0.25) is 0 Å². The first-order valence-corrected chi connectivity index (χ1v) is 8.51. The third-order valence-electron chi connectivity index (χ3n) is 4.74. The van der Waals surface area contributed by atoms with Crippen LogP contribution in [0.3, 0.4) is 0 Å². The fourth-order valence-corrected chi connectivity index (χ4v) is 3.31. The highest BCUT2D eigenvalue weighted by Gasteiger charge is 2.27. The smallest absolute Gasteiger partial charge is 0.240 e. The van der Waals surface area contributed by atoms with E-state index in [2.05, 4.69) is 27.0 Å².